The van der Waals surface area contributed by atoms with Crippen LogP contribution in [0.3, 0.4) is 0 Å². The maximum Gasteiger partial charge on any atom is 0.0213 e. The molecule has 2 aromatic carbocycles. The fraction of sp³-hybridized carbons (Fsp3) is 0.417. The van der Waals surface area contributed by atoms with E-state index in [0.717, 1.165) is 12.8 Å². The van der Waals surface area contributed by atoms with Crippen LogP contribution in [0.4, 0.5) is 0 Å². The predicted octanol–water partition coefficient (Wildman–Crippen LogP) is 7.87. The SMILES string of the molecule is CCC(CC)C1=C(c2ccccc2)C(CC)(CC)c2cc(Br)ccc21. The molecular formula is C24H29Br. The average molecular weight is 397 g/mol. The molecule has 25 heavy (non-hydrogen) atoms. The number of rotatable bonds is 6. The lowest BCUT2D eigenvalue weighted by atomic mass is 9.70. The van der Waals surface area contributed by atoms with E-state index in [2.05, 4.69) is 92.2 Å². The highest BCUT2D eigenvalue weighted by Crippen LogP contribution is 2.57. The first-order valence-electron chi connectivity index (χ1n) is 9.73. The zero-order valence-corrected chi connectivity index (χ0v) is 17.5. The van der Waals surface area contributed by atoms with E-state index in [9.17, 15) is 0 Å². The average Bonchev–Trinajstić information content (AvgIpc) is 2.93. The summed E-state index contributed by atoms with van der Waals surface area (Å²) in [4.78, 5) is 0. The molecule has 0 atom stereocenters. The molecule has 1 heteroatoms. The summed E-state index contributed by atoms with van der Waals surface area (Å²) in [5.74, 6) is 0.620. The van der Waals surface area contributed by atoms with Crippen LogP contribution in [0.1, 0.15) is 70.1 Å². The van der Waals surface area contributed by atoms with Crippen molar-refractivity contribution in [1.29, 1.82) is 0 Å². The van der Waals surface area contributed by atoms with Crippen molar-refractivity contribution in [3.8, 4) is 0 Å². The molecule has 0 saturated carbocycles. The van der Waals surface area contributed by atoms with Gasteiger partial charge in [0, 0.05) is 9.89 Å². The van der Waals surface area contributed by atoms with E-state index >= 15 is 0 Å². The van der Waals surface area contributed by atoms with Crippen molar-refractivity contribution in [1.82, 2.24) is 0 Å². The first-order chi connectivity index (χ1) is 12.1. The molecule has 0 bridgehead atoms. The van der Waals surface area contributed by atoms with Gasteiger partial charge in [0.1, 0.15) is 0 Å². The van der Waals surface area contributed by atoms with Gasteiger partial charge in [-0.2, -0.15) is 0 Å². The number of fused-ring (bicyclic) bond motifs is 1. The summed E-state index contributed by atoms with van der Waals surface area (Å²) in [6.07, 6.45) is 4.67. The summed E-state index contributed by atoms with van der Waals surface area (Å²) < 4.78 is 1.19. The second-order valence-corrected chi connectivity index (χ2v) is 8.06. The molecule has 2 aromatic rings. The van der Waals surface area contributed by atoms with E-state index in [-0.39, 0.29) is 5.41 Å². The quantitative estimate of drug-likeness (QED) is 0.465. The van der Waals surface area contributed by atoms with E-state index in [1.165, 1.54) is 34.0 Å². The zero-order valence-electron chi connectivity index (χ0n) is 15.9. The summed E-state index contributed by atoms with van der Waals surface area (Å²) in [5, 5.41) is 0. The van der Waals surface area contributed by atoms with Crippen molar-refractivity contribution < 1.29 is 0 Å². The summed E-state index contributed by atoms with van der Waals surface area (Å²) >= 11 is 3.72. The van der Waals surface area contributed by atoms with E-state index in [1.807, 2.05) is 0 Å². The minimum absolute atomic E-state index is 0.123. The van der Waals surface area contributed by atoms with Crippen LogP contribution in [-0.4, -0.2) is 0 Å². The molecule has 0 fully saturated rings. The monoisotopic (exact) mass is 396 g/mol. The van der Waals surface area contributed by atoms with Crippen LogP contribution >= 0.6 is 15.9 Å². The van der Waals surface area contributed by atoms with Crippen molar-refractivity contribution in [3.05, 3.63) is 69.7 Å². The molecule has 0 saturated heterocycles. The van der Waals surface area contributed by atoms with Gasteiger partial charge in [-0.1, -0.05) is 80.0 Å². The Morgan fingerprint density at radius 1 is 0.880 bits per heavy atom. The first kappa shape index (κ1) is 18.5. The smallest absolute Gasteiger partial charge is 0.0213 e. The maximum absolute atomic E-state index is 3.72. The standard InChI is InChI=1S/C24H29Br/c1-5-17(6-2)22-20-15-14-19(25)16-21(20)24(7-3,8-4)23(22)18-12-10-9-11-13-18/h9-17H,5-8H2,1-4H3. The Bertz CT molecular complexity index is 762. The van der Waals surface area contributed by atoms with Crippen molar-refractivity contribution in [2.45, 2.75) is 58.8 Å². The van der Waals surface area contributed by atoms with Crippen LogP contribution in [0.15, 0.2) is 53.0 Å². The molecule has 0 N–H and O–H groups in total. The minimum atomic E-state index is 0.123. The Morgan fingerprint density at radius 2 is 1.52 bits per heavy atom. The molecule has 0 unspecified atom stereocenters. The van der Waals surface area contributed by atoms with Crippen molar-refractivity contribution in [2.24, 2.45) is 5.92 Å². The van der Waals surface area contributed by atoms with Gasteiger partial charge in [0.2, 0.25) is 0 Å². The van der Waals surface area contributed by atoms with Crippen LogP contribution < -0.4 is 0 Å². The van der Waals surface area contributed by atoms with Gasteiger partial charge in [-0.15, -0.1) is 0 Å². The highest BCUT2D eigenvalue weighted by molar-refractivity contribution is 9.10. The Balaban J connectivity index is 2.39. The van der Waals surface area contributed by atoms with E-state index in [1.54, 1.807) is 11.1 Å². The fourth-order valence-corrected chi connectivity index (χ4v) is 5.18. The molecule has 3 rings (SSSR count). The third-order valence-corrected chi connectivity index (χ3v) is 6.69. The molecule has 0 amide bonds. The summed E-state index contributed by atoms with van der Waals surface area (Å²) in [7, 11) is 0. The maximum atomic E-state index is 3.72. The van der Waals surface area contributed by atoms with Gasteiger partial charge >= 0.3 is 0 Å². The first-order valence-corrected chi connectivity index (χ1v) is 10.5. The zero-order chi connectivity index (χ0) is 18.0. The van der Waals surface area contributed by atoms with Crippen molar-refractivity contribution in [2.75, 3.05) is 0 Å². The summed E-state index contributed by atoms with van der Waals surface area (Å²) in [5.41, 5.74) is 7.72. The molecule has 0 heterocycles. The minimum Gasteiger partial charge on any atom is -0.0648 e. The highest BCUT2D eigenvalue weighted by Gasteiger charge is 2.44. The van der Waals surface area contributed by atoms with Gasteiger partial charge in [0.15, 0.2) is 0 Å². The number of hydrogen-bond acceptors (Lipinski definition) is 0. The largest absolute Gasteiger partial charge is 0.0648 e. The molecular weight excluding hydrogens is 368 g/mol. The third-order valence-electron chi connectivity index (χ3n) is 6.20. The van der Waals surface area contributed by atoms with E-state index < -0.39 is 0 Å². The van der Waals surface area contributed by atoms with E-state index in [4.69, 9.17) is 0 Å². The van der Waals surface area contributed by atoms with Crippen LogP contribution in [0.5, 0.6) is 0 Å². The Morgan fingerprint density at radius 3 is 2.08 bits per heavy atom. The fourth-order valence-electron chi connectivity index (χ4n) is 4.82. The molecule has 0 spiro atoms. The number of benzene rings is 2. The van der Waals surface area contributed by atoms with Gasteiger partial charge in [-0.05, 0) is 71.6 Å². The second kappa shape index (κ2) is 7.50. The van der Waals surface area contributed by atoms with Crippen molar-refractivity contribution in [3.63, 3.8) is 0 Å². The molecule has 0 aromatic heterocycles. The summed E-state index contributed by atoms with van der Waals surface area (Å²) in [6.45, 7) is 9.38. The molecule has 0 radical (unpaired) electrons. The molecule has 0 nitrogen and oxygen atoms in total. The normalized spacial score (nSPS) is 15.8. The summed E-state index contributed by atoms with van der Waals surface area (Å²) in [6, 6.07) is 18.0. The van der Waals surface area contributed by atoms with Crippen molar-refractivity contribution >= 4 is 27.1 Å². The van der Waals surface area contributed by atoms with E-state index in [0.29, 0.717) is 5.92 Å². The number of halogens is 1. The van der Waals surface area contributed by atoms with Crippen LogP contribution in [0.2, 0.25) is 0 Å². The lowest BCUT2D eigenvalue weighted by Crippen LogP contribution is -2.24. The third kappa shape index (κ3) is 2.91. The van der Waals surface area contributed by atoms with Crippen LogP contribution in [0, 0.1) is 5.92 Å². The Labute approximate surface area is 161 Å². The second-order valence-electron chi connectivity index (χ2n) is 7.15. The van der Waals surface area contributed by atoms with Crippen LogP contribution in [0.25, 0.3) is 11.1 Å². The van der Waals surface area contributed by atoms with Gasteiger partial charge in [-0.3, -0.25) is 0 Å². The Hall–Kier alpha value is -1.34. The highest BCUT2D eigenvalue weighted by atomic mass is 79.9. The topological polar surface area (TPSA) is 0 Å². The Kier molecular flexibility index (Phi) is 5.53. The lowest BCUT2D eigenvalue weighted by Gasteiger charge is -2.33. The van der Waals surface area contributed by atoms with Gasteiger partial charge in [-0.25, -0.2) is 0 Å². The molecule has 1 aliphatic rings. The van der Waals surface area contributed by atoms with Gasteiger partial charge < -0.3 is 0 Å². The molecule has 0 aliphatic heterocycles. The lowest BCUT2D eigenvalue weighted by molar-refractivity contribution is 0.521. The van der Waals surface area contributed by atoms with Gasteiger partial charge in [0.05, 0.1) is 0 Å². The van der Waals surface area contributed by atoms with Gasteiger partial charge in [0.25, 0.3) is 0 Å². The molecule has 132 valence electrons. The number of allylic oxidation sites excluding steroid dienone is 2. The van der Waals surface area contributed by atoms with Crippen LogP contribution in [-0.2, 0) is 5.41 Å². The number of hydrogen-bond donors (Lipinski definition) is 0. The predicted molar refractivity (Wildman–Crippen MR) is 114 cm³/mol. The molecule has 1 aliphatic carbocycles.